The summed E-state index contributed by atoms with van der Waals surface area (Å²) in [4.78, 5) is 20.3. The molecule has 0 saturated carbocycles. The van der Waals surface area contributed by atoms with E-state index in [9.17, 15) is 4.79 Å². The number of halogens is 1. The molecular formula is C12H12ClN5O. The van der Waals surface area contributed by atoms with Crippen LogP contribution in [0.1, 0.15) is 36.1 Å². The van der Waals surface area contributed by atoms with Gasteiger partial charge in [-0.05, 0) is 12.1 Å². The third kappa shape index (κ3) is 3.23. The molecule has 7 heteroatoms. The second-order valence-corrected chi connectivity index (χ2v) is 4.55. The molecule has 0 aliphatic heterocycles. The first-order valence-electron chi connectivity index (χ1n) is 5.69. The van der Waals surface area contributed by atoms with Crippen LogP contribution in [-0.4, -0.2) is 26.1 Å². The number of rotatable bonds is 3. The molecule has 0 saturated heterocycles. The highest BCUT2D eigenvalue weighted by Gasteiger charge is 2.16. The van der Waals surface area contributed by atoms with Gasteiger partial charge in [-0.1, -0.05) is 25.4 Å². The lowest BCUT2D eigenvalue weighted by molar-refractivity contribution is 0.102. The molecule has 6 nitrogen and oxygen atoms in total. The van der Waals surface area contributed by atoms with Crippen LogP contribution in [0.3, 0.4) is 0 Å². The summed E-state index contributed by atoms with van der Waals surface area (Å²) in [5.74, 6) is 0.581. The molecule has 2 aromatic heterocycles. The minimum atomic E-state index is -0.435. The quantitative estimate of drug-likeness (QED) is 0.931. The van der Waals surface area contributed by atoms with Crippen LogP contribution in [0.4, 0.5) is 5.82 Å². The largest absolute Gasteiger partial charge is 0.304 e. The summed E-state index contributed by atoms with van der Waals surface area (Å²) in [7, 11) is 0. The summed E-state index contributed by atoms with van der Waals surface area (Å²) in [5.41, 5.74) is 0.131. The van der Waals surface area contributed by atoms with Crippen LogP contribution in [-0.2, 0) is 0 Å². The lowest BCUT2D eigenvalue weighted by Gasteiger charge is -2.08. The number of nitrogens with one attached hydrogen (secondary N) is 1. The molecule has 0 aliphatic rings. The van der Waals surface area contributed by atoms with Gasteiger partial charge in [-0.15, -0.1) is 5.10 Å². The second kappa shape index (κ2) is 5.71. The van der Waals surface area contributed by atoms with Crippen LogP contribution in [0.25, 0.3) is 0 Å². The van der Waals surface area contributed by atoms with Crippen molar-refractivity contribution in [2.45, 2.75) is 19.8 Å². The molecule has 2 aromatic rings. The summed E-state index contributed by atoms with van der Waals surface area (Å²) >= 11 is 5.94. The Balaban J connectivity index is 2.26. The number of aromatic nitrogens is 4. The van der Waals surface area contributed by atoms with Crippen molar-refractivity contribution in [1.29, 1.82) is 0 Å². The third-order valence-electron chi connectivity index (χ3n) is 2.31. The van der Waals surface area contributed by atoms with Crippen molar-refractivity contribution in [3.63, 3.8) is 0 Å². The third-order valence-corrected chi connectivity index (χ3v) is 2.58. The van der Waals surface area contributed by atoms with Crippen LogP contribution >= 0.6 is 11.6 Å². The fraction of sp³-hybridized carbons (Fsp3) is 0.250. The van der Waals surface area contributed by atoms with Crippen molar-refractivity contribution in [3.8, 4) is 0 Å². The monoisotopic (exact) mass is 277 g/mol. The van der Waals surface area contributed by atoms with Gasteiger partial charge in [0.15, 0.2) is 11.5 Å². The van der Waals surface area contributed by atoms with Crippen molar-refractivity contribution in [3.05, 3.63) is 41.1 Å². The van der Waals surface area contributed by atoms with E-state index in [-0.39, 0.29) is 16.6 Å². The second-order valence-electron chi connectivity index (χ2n) is 4.14. The van der Waals surface area contributed by atoms with Gasteiger partial charge in [0.25, 0.3) is 5.91 Å². The number of amides is 1. The van der Waals surface area contributed by atoms with E-state index in [0.717, 1.165) is 0 Å². The zero-order valence-corrected chi connectivity index (χ0v) is 11.2. The highest BCUT2D eigenvalue weighted by molar-refractivity contribution is 6.33. The van der Waals surface area contributed by atoms with E-state index >= 15 is 0 Å². The zero-order chi connectivity index (χ0) is 13.8. The van der Waals surface area contributed by atoms with Gasteiger partial charge in [-0.2, -0.15) is 5.10 Å². The van der Waals surface area contributed by atoms with Gasteiger partial charge in [0.05, 0.1) is 11.2 Å². The number of carbonyl (C=O) groups excluding carboxylic acids is 1. The van der Waals surface area contributed by atoms with Gasteiger partial charge in [0.1, 0.15) is 5.82 Å². The fourth-order valence-electron chi connectivity index (χ4n) is 1.36. The molecule has 98 valence electrons. The number of carbonyl (C=O) groups is 1. The van der Waals surface area contributed by atoms with Gasteiger partial charge in [-0.25, -0.2) is 9.97 Å². The van der Waals surface area contributed by atoms with E-state index in [2.05, 4.69) is 25.5 Å². The molecule has 0 aliphatic carbocycles. The van der Waals surface area contributed by atoms with Gasteiger partial charge >= 0.3 is 0 Å². The maximum atomic E-state index is 12.1. The van der Waals surface area contributed by atoms with E-state index in [0.29, 0.717) is 11.6 Å². The van der Waals surface area contributed by atoms with Gasteiger partial charge in [0.2, 0.25) is 0 Å². The summed E-state index contributed by atoms with van der Waals surface area (Å²) in [6.07, 6.45) is 2.94. The minimum absolute atomic E-state index is 0.111. The molecule has 1 amide bonds. The van der Waals surface area contributed by atoms with Crippen molar-refractivity contribution in [2.75, 3.05) is 5.32 Å². The molecule has 2 rings (SSSR count). The average molecular weight is 278 g/mol. The summed E-state index contributed by atoms with van der Waals surface area (Å²) in [5, 5.41) is 10.2. The molecule has 0 bridgehead atoms. The van der Waals surface area contributed by atoms with E-state index in [1.165, 1.54) is 12.4 Å². The van der Waals surface area contributed by atoms with Crippen LogP contribution in [0.2, 0.25) is 5.02 Å². The minimum Gasteiger partial charge on any atom is -0.304 e. The topological polar surface area (TPSA) is 80.7 Å². The van der Waals surface area contributed by atoms with E-state index < -0.39 is 5.91 Å². The predicted molar refractivity (Wildman–Crippen MR) is 71.1 cm³/mol. The molecule has 0 atom stereocenters. The first kappa shape index (κ1) is 13.4. The highest BCUT2D eigenvalue weighted by Crippen LogP contribution is 2.17. The van der Waals surface area contributed by atoms with Crippen molar-refractivity contribution >= 4 is 23.3 Å². The Morgan fingerprint density at radius 3 is 2.84 bits per heavy atom. The summed E-state index contributed by atoms with van der Waals surface area (Å²) < 4.78 is 0. The molecule has 1 N–H and O–H groups in total. The average Bonchev–Trinajstić information content (AvgIpc) is 2.40. The Morgan fingerprint density at radius 1 is 1.42 bits per heavy atom. The number of nitrogens with zero attached hydrogens (tertiary/aromatic N) is 4. The van der Waals surface area contributed by atoms with Gasteiger partial charge in [-0.3, -0.25) is 4.79 Å². The Bertz CT molecular complexity index is 588. The van der Waals surface area contributed by atoms with Gasteiger partial charge < -0.3 is 5.32 Å². The van der Waals surface area contributed by atoms with Crippen LogP contribution < -0.4 is 5.32 Å². The molecule has 0 aromatic carbocycles. The lowest BCUT2D eigenvalue weighted by atomic mass is 10.2. The standard InChI is InChI=1S/C12H12ClN5O/c1-7(2)11-14-6-8(13)10(17-11)12(19)16-9-4-3-5-15-18-9/h3-7H,1-2H3,(H,16,18,19). The Hall–Kier alpha value is -2.08. The first-order chi connectivity index (χ1) is 9.08. The molecule has 2 heterocycles. The Morgan fingerprint density at radius 2 is 2.21 bits per heavy atom. The predicted octanol–water partition coefficient (Wildman–Crippen LogP) is 2.30. The smallest absolute Gasteiger partial charge is 0.277 e. The van der Waals surface area contributed by atoms with Crippen molar-refractivity contribution in [2.24, 2.45) is 0 Å². The number of anilines is 1. The molecule has 0 spiro atoms. The molecule has 0 fully saturated rings. The van der Waals surface area contributed by atoms with E-state index in [4.69, 9.17) is 11.6 Å². The summed E-state index contributed by atoms with van der Waals surface area (Å²) in [6, 6.07) is 3.30. The maximum absolute atomic E-state index is 12.1. The Labute approximate surface area is 115 Å². The molecule has 0 unspecified atom stereocenters. The SMILES string of the molecule is CC(C)c1ncc(Cl)c(C(=O)Nc2cccnn2)n1. The first-order valence-corrected chi connectivity index (χ1v) is 6.07. The highest BCUT2D eigenvalue weighted by atomic mass is 35.5. The number of hydrogen-bond donors (Lipinski definition) is 1. The summed E-state index contributed by atoms with van der Waals surface area (Å²) in [6.45, 7) is 3.88. The van der Waals surface area contributed by atoms with Crippen LogP contribution in [0.15, 0.2) is 24.5 Å². The molecule has 0 radical (unpaired) electrons. The molecule has 19 heavy (non-hydrogen) atoms. The van der Waals surface area contributed by atoms with Crippen LogP contribution in [0, 0.1) is 0 Å². The fourth-order valence-corrected chi connectivity index (χ4v) is 1.54. The van der Waals surface area contributed by atoms with E-state index in [1.807, 2.05) is 13.8 Å². The maximum Gasteiger partial charge on any atom is 0.277 e. The van der Waals surface area contributed by atoms with Crippen molar-refractivity contribution in [1.82, 2.24) is 20.2 Å². The Kier molecular flexibility index (Phi) is 4.01. The van der Waals surface area contributed by atoms with Crippen LogP contribution in [0.5, 0.6) is 0 Å². The van der Waals surface area contributed by atoms with E-state index in [1.54, 1.807) is 12.1 Å². The van der Waals surface area contributed by atoms with Crippen molar-refractivity contribution < 1.29 is 4.79 Å². The lowest BCUT2D eigenvalue weighted by Crippen LogP contribution is -2.17. The zero-order valence-electron chi connectivity index (χ0n) is 10.5. The number of hydrogen-bond acceptors (Lipinski definition) is 5. The molecular weight excluding hydrogens is 266 g/mol. The normalized spacial score (nSPS) is 10.5. The van der Waals surface area contributed by atoms with Gasteiger partial charge in [0, 0.05) is 12.1 Å².